The van der Waals surface area contributed by atoms with Crippen LogP contribution in [0.15, 0.2) is 24.3 Å². The molecule has 1 aromatic carbocycles. The average molecular weight is 322 g/mol. The zero-order chi connectivity index (χ0) is 15.5. The average Bonchev–Trinajstić information content (AvgIpc) is 2.38. The number of rotatable bonds is 4. The largest absolute Gasteiger partial charge is 0.416 e. The molecule has 21 heavy (non-hydrogen) atoms. The van der Waals surface area contributed by atoms with Gasteiger partial charge in [-0.25, -0.2) is 0 Å². The van der Waals surface area contributed by atoms with E-state index in [4.69, 9.17) is 0 Å². The Morgan fingerprint density at radius 3 is 2.38 bits per heavy atom. The number of alkyl halides is 3. The summed E-state index contributed by atoms with van der Waals surface area (Å²) in [5.41, 5.74) is -0.992. The van der Waals surface area contributed by atoms with Gasteiger partial charge in [0.25, 0.3) is 10.2 Å². The molecule has 1 fully saturated rings. The van der Waals surface area contributed by atoms with Gasteiger partial charge in [0.1, 0.15) is 0 Å². The van der Waals surface area contributed by atoms with Crippen LogP contribution >= 0.6 is 0 Å². The maximum atomic E-state index is 12.6. The Kier molecular flexibility index (Phi) is 4.77. The van der Waals surface area contributed by atoms with Gasteiger partial charge in [-0.15, -0.1) is 0 Å². The first kappa shape index (κ1) is 16.1. The molecule has 1 saturated carbocycles. The van der Waals surface area contributed by atoms with Crippen molar-refractivity contribution in [3.8, 4) is 0 Å². The lowest BCUT2D eigenvalue weighted by atomic mass is 9.96. The number of halogens is 3. The fraction of sp³-hybridized carbons (Fsp3) is 0.538. The van der Waals surface area contributed by atoms with Crippen LogP contribution in [0.1, 0.15) is 37.7 Å². The third-order valence-electron chi connectivity index (χ3n) is 3.37. The van der Waals surface area contributed by atoms with E-state index in [0.717, 1.165) is 44.2 Å². The van der Waals surface area contributed by atoms with Crippen LogP contribution in [0.25, 0.3) is 0 Å². The van der Waals surface area contributed by atoms with Crippen LogP contribution in [-0.2, 0) is 16.4 Å². The summed E-state index contributed by atoms with van der Waals surface area (Å²) in [5.74, 6) is 0. The first-order valence-electron chi connectivity index (χ1n) is 6.74. The van der Waals surface area contributed by atoms with E-state index in [0.29, 0.717) is 0 Å². The minimum absolute atomic E-state index is 0.104. The molecule has 4 nitrogen and oxygen atoms in total. The number of hydrogen-bond acceptors (Lipinski definition) is 2. The highest BCUT2D eigenvalue weighted by molar-refractivity contribution is 7.90. The summed E-state index contributed by atoms with van der Waals surface area (Å²) in [5, 5.41) is 0. The second kappa shape index (κ2) is 6.23. The molecule has 0 unspecified atom stereocenters. The fourth-order valence-corrected chi connectivity index (χ4v) is 3.55. The smallest absolute Gasteiger partial charge is 0.271 e. The first-order valence-corrected chi connectivity index (χ1v) is 8.22. The Morgan fingerprint density at radius 1 is 1.10 bits per heavy atom. The first-order chi connectivity index (χ1) is 9.76. The summed E-state index contributed by atoms with van der Waals surface area (Å²) in [4.78, 5) is 0. The number of nitrogens with one attached hydrogen (secondary N) is 2. The summed E-state index contributed by atoms with van der Waals surface area (Å²) in [6.45, 7) is 0. The lowest BCUT2D eigenvalue weighted by Crippen LogP contribution is -2.39. The van der Waals surface area contributed by atoms with E-state index in [9.17, 15) is 21.6 Å². The van der Waals surface area contributed by atoms with Crippen LogP contribution in [0.5, 0.6) is 0 Å². The lowest BCUT2D eigenvalue weighted by Gasteiger charge is -2.23. The Bertz CT molecular complexity index is 581. The van der Waals surface area contributed by atoms with Crippen molar-refractivity contribution in [3.63, 3.8) is 0 Å². The van der Waals surface area contributed by atoms with Crippen molar-refractivity contribution in [2.75, 3.05) is 4.72 Å². The quantitative estimate of drug-likeness (QED) is 0.894. The van der Waals surface area contributed by atoms with Gasteiger partial charge in [0.2, 0.25) is 0 Å². The molecule has 2 rings (SSSR count). The van der Waals surface area contributed by atoms with E-state index in [1.54, 1.807) is 0 Å². The Morgan fingerprint density at radius 2 is 1.76 bits per heavy atom. The van der Waals surface area contributed by atoms with Crippen LogP contribution < -0.4 is 9.44 Å². The molecule has 0 heterocycles. The van der Waals surface area contributed by atoms with Crippen molar-refractivity contribution in [1.29, 1.82) is 0 Å². The molecule has 0 bridgehead atoms. The molecule has 0 aliphatic heterocycles. The van der Waals surface area contributed by atoms with Gasteiger partial charge in [-0.3, -0.25) is 4.72 Å². The van der Waals surface area contributed by atoms with Crippen molar-refractivity contribution < 1.29 is 21.6 Å². The minimum atomic E-state index is -4.50. The van der Waals surface area contributed by atoms with Gasteiger partial charge in [0.05, 0.1) is 11.3 Å². The number of benzene rings is 1. The van der Waals surface area contributed by atoms with E-state index < -0.39 is 21.9 Å². The molecule has 0 radical (unpaired) electrons. The maximum Gasteiger partial charge on any atom is 0.416 e. The topological polar surface area (TPSA) is 58.2 Å². The highest BCUT2D eigenvalue weighted by Gasteiger charge is 2.30. The van der Waals surface area contributed by atoms with Crippen molar-refractivity contribution in [1.82, 2.24) is 4.72 Å². The molecule has 1 aliphatic rings. The molecule has 1 aromatic rings. The second-order valence-electron chi connectivity index (χ2n) is 5.14. The second-order valence-corrected chi connectivity index (χ2v) is 6.58. The molecular formula is C13H17F3N2O2S. The van der Waals surface area contributed by atoms with Gasteiger partial charge >= 0.3 is 6.18 Å². The SMILES string of the molecule is O=S(=O)(Nc1cccc(C(F)(F)F)c1)NC1CCCCC1. The molecule has 0 amide bonds. The van der Waals surface area contributed by atoms with E-state index in [1.807, 2.05) is 0 Å². The van der Waals surface area contributed by atoms with Crippen molar-refractivity contribution in [2.24, 2.45) is 0 Å². The van der Waals surface area contributed by atoms with E-state index in [-0.39, 0.29) is 11.7 Å². The summed E-state index contributed by atoms with van der Waals surface area (Å²) >= 11 is 0. The van der Waals surface area contributed by atoms with Crippen LogP contribution in [0.4, 0.5) is 18.9 Å². The zero-order valence-electron chi connectivity index (χ0n) is 11.3. The van der Waals surface area contributed by atoms with Crippen molar-refractivity contribution >= 4 is 15.9 Å². The normalized spacial score (nSPS) is 17.7. The Balaban J connectivity index is 2.06. The molecule has 0 spiro atoms. The summed E-state index contributed by atoms with van der Waals surface area (Å²) in [7, 11) is -3.86. The van der Waals surface area contributed by atoms with Crippen LogP contribution in [0.2, 0.25) is 0 Å². The monoisotopic (exact) mass is 322 g/mol. The van der Waals surface area contributed by atoms with Crippen LogP contribution in [0, 0.1) is 0 Å². The van der Waals surface area contributed by atoms with Gasteiger partial charge in [-0.05, 0) is 31.0 Å². The highest BCUT2D eigenvalue weighted by Crippen LogP contribution is 2.30. The summed E-state index contributed by atoms with van der Waals surface area (Å²) in [6.07, 6.45) is -0.00196. The van der Waals surface area contributed by atoms with E-state index in [2.05, 4.69) is 9.44 Å². The van der Waals surface area contributed by atoms with Gasteiger partial charge in [-0.1, -0.05) is 25.3 Å². The van der Waals surface area contributed by atoms with E-state index in [1.165, 1.54) is 12.1 Å². The molecule has 8 heteroatoms. The third-order valence-corrected chi connectivity index (χ3v) is 4.52. The Labute approximate surface area is 121 Å². The van der Waals surface area contributed by atoms with Crippen molar-refractivity contribution in [2.45, 2.75) is 44.3 Å². The van der Waals surface area contributed by atoms with Crippen LogP contribution in [0.3, 0.4) is 0 Å². The van der Waals surface area contributed by atoms with Crippen LogP contribution in [-0.4, -0.2) is 14.5 Å². The maximum absolute atomic E-state index is 12.6. The fourth-order valence-electron chi connectivity index (χ4n) is 2.38. The lowest BCUT2D eigenvalue weighted by molar-refractivity contribution is -0.137. The molecule has 2 N–H and O–H groups in total. The molecule has 0 saturated heterocycles. The molecular weight excluding hydrogens is 305 g/mol. The van der Waals surface area contributed by atoms with Gasteiger partial charge < -0.3 is 0 Å². The minimum Gasteiger partial charge on any atom is -0.271 e. The number of hydrogen-bond donors (Lipinski definition) is 2. The standard InChI is InChI=1S/C13H17F3N2O2S/c14-13(15,16)10-5-4-8-12(9-10)18-21(19,20)17-11-6-2-1-3-7-11/h4-5,8-9,11,17-18H,1-3,6-7H2. The highest BCUT2D eigenvalue weighted by atomic mass is 32.2. The van der Waals surface area contributed by atoms with E-state index >= 15 is 0 Å². The summed E-state index contributed by atoms with van der Waals surface area (Å²) < 4.78 is 66.2. The third kappa shape index (κ3) is 4.89. The number of anilines is 1. The predicted octanol–water partition coefficient (Wildman–Crippen LogP) is 3.28. The van der Waals surface area contributed by atoms with Crippen molar-refractivity contribution in [3.05, 3.63) is 29.8 Å². The van der Waals surface area contributed by atoms with Gasteiger partial charge in [-0.2, -0.15) is 26.3 Å². The molecule has 0 atom stereocenters. The molecule has 0 aromatic heterocycles. The van der Waals surface area contributed by atoms with Gasteiger partial charge in [0.15, 0.2) is 0 Å². The molecule has 118 valence electrons. The zero-order valence-corrected chi connectivity index (χ0v) is 12.1. The predicted molar refractivity (Wildman–Crippen MR) is 74.0 cm³/mol. The molecule has 1 aliphatic carbocycles. The summed E-state index contributed by atoms with van der Waals surface area (Å²) in [6, 6.07) is 3.98. The van der Waals surface area contributed by atoms with Gasteiger partial charge in [0, 0.05) is 6.04 Å². The Hall–Kier alpha value is -1.28.